The summed E-state index contributed by atoms with van der Waals surface area (Å²) >= 11 is 0. The van der Waals surface area contributed by atoms with Gasteiger partial charge < -0.3 is 4.90 Å². The molecule has 0 radical (unpaired) electrons. The van der Waals surface area contributed by atoms with Crippen molar-refractivity contribution in [1.29, 1.82) is 0 Å². The molecule has 1 saturated carbocycles. The van der Waals surface area contributed by atoms with Crippen LogP contribution in [0.3, 0.4) is 0 Å². The Balaban J connectivity index is 1.64. The third-order valence-electron chi connectivity index (χ3n) is 5.42. The largest absolute Gasteiger partial charge is 0.337 e. The summed E-state index contributed by atoms with van der Waals surface area (Å²) in [4.78, 5) is 18.9. The van der Waals surface area contributed by atoms with Gasteiger partial charge in [-0.1, -0.05) is 6.42 Å². The number of sulfone groups is 1. The van der Waals surface area contributed by atoms with Crippen LogP contribution >= 0.6 is 0 Å². The predicted octanol–water partition coefficient (Wildman–Crippen LogP) is 1.22. The molecule has 1 spiro atoms. The molecule has 8 heteroatoms. The summed E-state index contributed by atoms with van der Waals surface area (Å²) in [5.41, 5.74) is 1.76. The van der Waals surface area contributed by atoms with E-state index >= 15 is 0 Å². The normalized spacial score (nSPS) is 22.3. The van der Waals surface area contributed by atoms with E-state index in [1.807, 2.05) is 13.0 Å². The molecule has 2 aromatic heterocycles. The Morgan fingerprint density at radius 3 is 2.75 bits per heavy atom. The van der Waals surface area contributed by atoms with E-state index < -0.39 is 14.6 Å². The summed E-state index contributed by atoms with van der Waals surface area (Å²) in [6, 6.07) is 1.83. The van der Waals surface area contributed by atoms with Gasteiger partial charge in [0, 0.05) is 25.0 Å². The molecule has 7 nitrogen and oxygen atoms in total. The van der Waals surface area contributed by atoms with Gasteiger partial charge in [-0.2, -0.15) is 5.10 Å². The van der Waals surface area contributed by atoms with Crippen LogP contribution in [-0.4, -0.2) is 57.4 Å². The number of aryl methyl sites for hydroxylation is 1. The van der Waals surface area contributed by atoms with Crippen molar-refractivity contribution in [2.75, 3.05) is 18.8 Å². The molecule has 1 saturated heterocycles. The summed E-state index contributed by atoms with van der Waals surface area (Å²) in [7, 11) is -3.14. The second-order valence-electron chi connectivity index (χ2n) is 6.79. The summed E-state index contributed by atoms with van der Waals surface area (Å²) < 4.78 is 26.1. The van der Waals surface area contributed by atoms with E-state index in [1.165, 1.54) is 6.20 Å². The molecular formula is C16H20N4O3S. The van der Waals surface area contributed by atoms with Gasteiger partial charge in [0.1, 0.15) is 5.56 Å². The molecule has 2 aromatic rings. The van der Waals surface area contributed by atoms with Crippen LogP contribution in [0.4, 0.5) is 0 Å². The minimum absolute atomic E-state index is 0.0460. The molecule has 0 bridgehead atoms. The van der Waals surface area contributed by atoms with Gasteiger partial charge in [-0.3, -0.25) is 4.79 Å². The third-order valence-corrected chi connectivity index (χ3v) is 8.07. The van der Waals surface area contributed by atoms with E-state index in [4.69, 9.17) is 0 Å². The Hall–Kier alpha value is -1.96. The zero-order valence-electron chi connectivity index (χ0n) is 13.6. The van der Waals surface area contributed by atoms with Gasteiger partial charge in [0.2, 0.25) is 0 Å². The van der Waals surface area contributed by atoms with Crippen molar-refractivity contribution in [1.82, 2.24) is 19.5 Å². The average molecular weight is 348 g/mol. The predicted molar refractivity (Wildman–Crippen MR) is 88.6 cm³/mol. The maximum absolute atomic E-state index is 12.9. The van der Waals surface area contributed by atoms with Gasteiger partial charge >= 0.3 is 0 Å². The number of fused-ring (bicyclic) bond motifs is 1. The van der Waals surface area contributed by atoms with Gasteiger partial charge in [-0.25, -0.2) is 17.9 Å². The Morgan fingerprint density at radius 2 is 2.04 bits per heavy atom. The fraction of sp³-hybridized carbons (Fsp3) is 0.562. The van der Waals surface area contributed by atoms with Gasteiger partial charge in [-0.05, 0) is 32.3 Å². The first-order valence-electron chi connectivity index (χ1n) is 8.24. The highest BCUT2D eigenvalue weighted by Gasteiger charge is 2.50. The summed E-state index contributed by atoms with van der Waals surface area (Å²) in [5.74, 6) is -0.139. The van der Waals surface area contributed by atoms with E-state index in [0.29, 0.717) is 24.2 Å². The lowest BCUT2D eigenvalue weighted by molar-refractivity contribution is 0.0760. The zero-order valence-corrected chi connectivity index (χ0v) is 14.4. The van der Waals surface area contributed by atoms with Crippen LogP contribution in [0.25, 0.3) is 5.65 Å². The first kappa shape index (κ1) is 15.6. The summed E-state index contributed by atoms with van der Waals surface area (Å²) in [6.45, 7) is 2.58. The second kappa shape index (κ2) is 5.27. The van der Waals surface area contributed by atoms with Crippen LogP contribution in [0, 0.1) is 6.92 Å². The van der Waals surface area contributed by atoms with Crippen LogP contribution in [0.15, 0.2) is 18.5 Å². The lowest BCUT2D eigenvalue weighted by atomic mass is 9.81. The average Bonchev–Trinajstić information content (AvgIpc) is 2.84. The third kappa shape index (κ3) is 2.23. The van der Waals surface area contributed by atoms with Gasteiger partial charge in [0.05, 0.1) is 16.7 Å². The zero-order chi connectivity index (χ0) is 16.9. The molecule has 0 aromatic carbocycles. The lowest BCUT2D eigenvalue weighted by Crippen LogP contribution is -2.46. The van der Waals surface area contributed by atoms with E-state index in [0.717, 1.165) is 25.0 Å². The van der Waals surface area contributed by atoms with Crippen LogP contribution in [0.1, 0.15) is 41.7 Å². The van der Waals surface area contributed by atoms with Gasteiger partial charge in [-0.15, -0.1) is 0 Å². The Kier molecular flexibility index (Phi) is 3.42. The number of carbonyl (C=O) groups excluding carboxylic acids is 1. The maximum Gasteiger partial charge on any atom is 0.259 e. The van der Waals surface area contributed by atoms with Crippen molar-refractivity contribution in [3.8, 4) is 0 Å². The molecule has 24 heavy (non-hydrogen) atoms. The number of carbonyl (C=O) groups is 1. The van der Waals surface area contributed by atoms with Crippen LogP contribution in [0.2, 0.25) is 0 Å². The first-order chi connectivity index (χ1) is 11.4. The number of hydrogen-bond donors (Lipinski definition) is 0. The number of amides is 1. The molecule has 3 heterocycles. The Bertz CT molecular complexity index is 915. The van der Waals surface area contributed by atoms with Crippen molar-refractivity contribution in [2.45, 2.75) is 37.4 Å². The molecule has 0 atom stereocenters. The van der Waals surface area contributed by atoms with Crippen molar-refractivity contribution < 1.29 is 13.2 Å². The van der Waals surface area contributed by atoms with Crippen molar-refractivity contribution in [3.63, 3.8) is 0 Å². The van der Waals surface area contributed by atoms with E-state index in [-0.39, 0.29) is 18.2 Å². The molecule has 128 valence electrons. The fourth-order valence-electron chi connectivity index (χ4n) is 3.67. The Labute approximate surface area is 140 Å². The molecule has 4 rings (SSSR count). The minimum Gasteiger partial charge on any atom is -0.337 e. The quantitative estimate of drug-likeness (QED) is 0.774. The van der Waals surface area contributed by atoms with Crippen molar-refractivity contribution in [3.05, 3.63) is 29.7 Å². The molecule has 2 fully saturated rings. The van der Waals surface area contributed by atoms with E-state index in [1.54, 1.807) is 15.6 Å². The van der Waals surface area contributed by atoms with Crippen LogP contribution in [0.5, 0.6) is 0 Å². The van der Waals surface area contributed by atoms with Gasteiger partial charge in [0.15, 0.2) is 15.5 Å². The Morgan fingerprint density at radius 1 is 1.25 bits per heavy atom. The minimum atomic E-state index is -3.14. The van der Waals surface area contributed by atoms with Crippen molar-refractivity contribution in [2.24, 2.45) is 0 Å². The molecule has 2 aliphatic rings. The smallest absolute Gasteiger partial charge is 0.259 e. The molecule has 1 amide bonds. The number of aromatic nitrogens is 3. The highest BCUT2D eigenvalue weighted by atomic mass is 32.2. The number of nitrogens with zero attached hydrogens (tertiary/aromatic N) is 4. The molecule has 0 unspecified atom stereocenters. The summed E-state index contributed by atoms with van der Waals surface area (Å²) in [5, 5.41) is 4.17. The number of rotatable bonds is 1. The van der Waals surface area contributed by atoms with E-state index in [2.05, 4.69) is 10.1 Å². The second-order valence-corrected chi connectivity index (χ2v) is 9.30. The topological polar surface area (TPSA) is 84.6 Å². The first-order valence-corrected chi connectivity index (χ1v) is 9.90. The van der Waals surface area contributed by atoms with E-state index in [9.17, 15) is 13.2 Å². The maximum atomic E-state index is 12.9. The lowest BCUT2D eigenvalue weighted by Gasteiger charge is -2.39. The van der Waals surface area contributed by atoms with Crippen LogP contribution < -0.4 is 0 Å². The molecule has 1 aliphatic heterocycles. The van der Waals surface area contributed by atoms with Crippen LogP contribution in [-0.2, 0) is 9.84 Å². The number of hydrogen-bond acceptors (Lipinski definition) is 5. The molecule has 0 N–H and O–H groups in total. The fourth-order valence-corrected chi connectivity index (χ4v) is 5.88. The molecule has 1 aliphatic carbocycles. The van der Waals surface area contributed by atoms with Crippen molar-refractivity contribution >= 4 is 21.4 Å². The SMILES string of the molecule is Cc1ccn2ncc(C(=O)N3CCC4(CCC4)S(=O)(=O)CC3)c2n1. The molecular weight excluding hydrogens is 328 g/mol. The summed E-state index contributed by atoms with van der Waals surface area (Å²) in [6.07, 6.45) is 6.24. The standard InChI is InChI=1S/C16H20N4O3S/c1-12-3-7-20-14(18-12)13(11-17-20)15(21)19-8-6-16(4-2-5-16)24(22,23)10-9-19/h3,7,11H,2,4-6,8-10H2,1H3. The highest BCUT2D eigenvalue weighted by molar-refractivity contribution is 7.92. The monoisotopic (exact) mass is 348 g/mol. The van der Waals surface area contributed by atoms with Gasteiger partial charge in [0.25, 0.3) is 5.91 Å². The highest BCUT2D eigenvalue weighted by Crippen LogP contribution is 2.44.